The van der Waals surface area contributed by atoms with Gasteiger partial charge >= 0.3 is 5.97 Å². The van der Waals surface area contributed by atoms with Crippen LogP contribution in [0.25, 0.3) is 0 Å². The molecule has 2 rings (SSSR count). The van der Waals surface area contributed by atoms with Gasteiger partial charge in [0.2, 0.25) is 0 Å². The Morgan fingerprint density at radius 2 is 2.00 bits per heavy atom. The van der Waals surface area contributed by atoms with E-state index in [0.29, 0.717) is 5.69 Å². The first-order valence-electron chi connectivity index (χ1n) is 5.47. The summed E-state index contributed by atoms with van der Waals surface area (Å²) in [5, 5.41) is 17.1. The minimum Gasteiger partial charge on any atom is -0.478 e. The van der Waals surface area contributed by atoms with Gasteiger partial charge in [0.15, 0.2) is 0 Å². The molecule has 8 nitrogen and oxygen atoms in total. The molecule has 20 heavy (non-hydrogen) atoms. The summed E-state index contributed by atoms with van der Waals surface area (Å²) in [5.74, 6) is -1.86. The Morgan fingerprint density at radius 3 is 2.60 bits per heavy atom. The van der Waals surface area contributed by atoms with Gasteiger partial charge < -0.3 is 16.2 Å². The van der Waals surface area contributed by atoms with Crippen molar-refractivity contribution in [3.63, 3.8) is 0 Å². The fraction of sp³-hybridized carbons (Fsp3) is 0. The smallest absolute Gasteiger partial charge is 0.337 e. The zero-order valence-electron chi connectivity index (χ0n) is 10.1. The average molecular weight is 274 g/mol. The Hall–Kier alpha value is -3.16. The van der Waals surface area contributed by atoms with E-state index in [9.17, 15) is 14.4 Å². The van der Waals surface area contributed by atoms with Crippen molar-refractivity contribution in [1.82, 2.24) is 10.2 Å². The number of carboxylic acids is 1. The number of amides is 1. The van der Waals surface area contributed by atoms with E-state index in [1.54, 1.807) is 0 Å². The predicted molar refractivity (Wildman–Crippen MR) is 70.6 cm³/mol. The number of nitrogens with two attached hydrogens (primary N) is 1. The van der Waals surface area contributed by atoms with Gasteiger partial charge in [-0.15, -0.1) is 0 Å². The maximum absolute atomic E-state index is 11.9. The van der Waals surface area contributed by atoms with E-state index in [-0.39, 0.29) is 16.9 Å². The molecule has 0 spiro atoms. The van der Waals surface area contributed by atoms with Crippen LogP contribution in [0.5, 0.6) is 0 Å². The molecule has 1 amide bonds. The lowest BCUT2D eigenvalue weighted by atomic mass is 10.1. The summed E-state index contributed by atoms with van der Waals surface area (Å²) in [5.41, 5.74) is 5.31. The molecule has 102 valence electrons. The Morgan fingerprint density at radius 1 is 1.25 bits per heavy atom. The Kier molecular flexibility index (Phi) is 3.47. The Balaban J connectivity index is 2.32. The third kappa shape index (κ3) is 2.80. The molecule has 0 unspecified atom stereocenters. The lowest BCUT2D eigenvalue weighted by Gasteiger charge is -2.08. The summed E-state index contributed by atoms with van der Waals surface area (Å²) in [6.07, 6.45) is 0. The highest BCUT2D eigenvalue weighted by atomic mass is 16.4. The van der Waals surface area contributed by atoms with Crippen LogP contribution in [0, 0.1) is 0 Å². The van der Waals surface area contributed by atoms with Crippen molar-refractivity contribution in [2.24, 2.45) is 0 Å². The summed E-state index contributed by atoms with van der Waals surface area (Å²) in [7, 11) is 0. The normalized spacial score (nSPS) is 10.0. The third-order valence-corrected chi connectivity index (χ3v) is 2.43. The predicted octanol–water partition coefficient (Wildman–Crippen LogP) is 0.303. The van der Waals surface area contributed by atoms with E-state index < -0.39 is 17.4 Å². The van der Waals surface area contributed by atoms with Crippen molar-refractivity contribution in [2.75, 3.05) is 11.1 Å². The number of H-pyrrole nitrogens is 1. The number of carbonyl (C=O) groups excluding carboxylic acids is 1. The monoisotopic (exact) mass is 274 g/mol. The van der Waals surface area contributed by atoms with Crippen LogP contribution in [-0.4, -0.2) is 27.2 Å². The number of nitrogens with zero attached hydrogens (tertiary/aromatic N) is 1. The standard InChI is InChI=1S/C12H10N4O4/c13-6-1-2-7(12(19)20)9(5-6)14-11(18)8-3-4-10(17)16-15-8/h1-5H,13H2,(H,14,18)(H,16,17)(H,19,20). The summed E-state index contributed by atoms with van der Waals surface area (Å²) >= 11 is 0. The first kappa shape index (κ1) is 13.3. The highest BCUT2D eigenvalue weighted by molar-refractivity contribution is 6.07. The van der Waals surface area contributed by atoms with Crippen LogP contribution in [-0.2, 0) is 0 Å². The second kappa shape index (κ2) is 5.22. The Labute approximate surface area is 112 Å². The number of carboxylic acid groups (broad SMARTS) is 1. The number of aromatic carboxylic acids is 1. The van der Waals surface area contributed by atoms with Crippen molar-refractivity contribution in [3.8, 4) is 0 Å². The molecule has 5 N–H and O–H groups in total. The van der Waals surface area contributed by atoms with Crippen LogP contribution in [0.1, 0.15) is 20.8 Å². The van der Waals surface area contributed by atoms with Crippen LogP contribution < -0.4 is 16.6 Å². The van der Waals surface area contributed by atoms with Crippen LogP contribution in [0.15, 0.2) is 35.1 Å². The zero-order chi connectivity index (χ0) is 14.7. The van der Waals surface area contributed by atoms with Crippen molar-refractivity contribution < 1.29 is 14.7 Å². The second-order valence-electron chi connectivity index (χ2n) is 3.87. The minimum absolute atomic E-state index is 0.0514. The van der Waals surface area contributed by atoms with Gasteiger partial charge in [0.05, 0.1) is 11.3 Å². The fourth-order valence-electron chi connectivity index (χ4n) is 1.51. The van der Waals surface area contributed by atoms with Crippen LogP contribution in [0.2, 0.25) is 0 Å². The molecule has 1 aromatic heterocycles. The second-order valence-corrected chi connectivity index (χ2v) is 3.87. The van der Waals surface area contributed by atoms with Crippen molar-refractivity contribution in [1.29, 1.82) is 0 Å². The molecule has 0 radical (unpaired) electrons. The molecule has 8 heteroatoms. The quantitative estimate of drug-likeness (QED) is 0.594. The van der Waals surface area contributed by atoms with Crippen LogP contribution in [0.3, 0.4) is 0 Å². The summed E-state index contributed by atoms with van der Waals surface area (Å²) in [6.45, 7) is 0. The highest BCUT2D eigenvalue weighted by Gasteiger charge is 2.14. The number of carbonyl (C=O) groups is 2. The average Bonchev–Trinajstić information content (AvgIpc) is 2.39. The molecule has 0 aliphatic heterocycles. The number of aromatic amines is 1. The van der Waals surface area contributed by atoms with Crippen molar-refractivity contribution in [2.45, 2.75) is 0 Å². The van der Waals surface area contributed by atoms with Gasteiger partial charge in [0.1, 0.15) is 5.69 Å². The third-order valence-electron chi connectivity index (χ3n) is 2.43. The maximum atomic E-state index is 11.9. The molecule has 1 aromatic carbocycles. The van der Waals surface area contributed by atoms with Gasteiger partial charge in [-0.05, 0) is 24.3 Å². The number of hydrogen-bond donors (Lipinski definition) is 4. The summed E-state index contributed by atoms with van der Waals surface area (Å²) in [4.78, 5) is 33.8. The number of benzene rings is 1. The Bertz CT molecular complexity index is 718. The largest absolute Gasteiger partial charge is 0.478 e. The molecule has 1 heterocycles. The topological polar surface area (TPSA) is 138 Å². The van der Waals surface area contributed by atoms with Crippen molar-refractivity contribution in [3.05, 3.63) is 51.9 Å². The molecular weight excluding hydrogens is 264 g/mol. The van der Waals surface area contributed by atoms with E-state index in [1.807, 2.05) is 0 Å². The molecule has 0 saturated carbocycles. The van der Waals surface area contributed by atoms with Gasteiger partial charge in [0, 0.05) is 11.8 Å². The van der Waals surface area contributed by atoms with Crippen LogP contribution in [0.4, 0.5) is 11.4 Å². The molecule has 0 atom stereocenters. The molecule has 0 saturated heterocycles. The maximum Gasteiger partial charge on any atom is 0.337 e. The van der Waals surface area contributed by atoms with Gasteiger partial charge in [-0.2, -0.15) is 5.10 Å². The van der Waals surface area contributed by atoms with Crippen LogP contribution >= 0.6 is 0 Å². The summed E-state index contributed by atoms with van der Waals surface area (Å²) in [6, 6.07) is 6.39. The highest BCUT2D eigenvalue weighted by Crippen LogP contribution is 2.19. The first-order chi connectivity index (χ1) is 9.47. The molecule has 2 aromatic rings. The fourth-order valence-corrected chi connectivity index (χ4v) is 1.51. The molecular formula is C12H10N4O4. The van der Waals surface area contributed by atoms with E-state index in [4.69, 9.17) is 10.8 Å². The summed E-state index contributed by atoms with van der Waals surface area (Å²) < 4.78 is 0. The molecule has 0 aliphatic rings. The molecule has 0 bridgehead atoms. The lowest BCUT2D eigenvalue weighted by Crippen LogP contribution is -2.19. The van der Waals surface area contributed by atoms with Gasteiger partial charge in [0.25, 0.3) is 11.5 Å². The van der Waals surface area contributed by atoms with Gasteiger partial charge in [-0.3, -0.25) is 9.59 Å². The molecule has 0 fully saturated rings. The number of hydrogen-bond acceptors (Lipinski definition) is 5. The number of nitrogens with one attached hydrogen (secondary N) is 2. The van der Waals surface area contributed by atoms with Gasteiger partial charge in [-0.1, -0.05) is 0 Å². The van der Waals surface area contributed by atoms with E-state index in [1.165, 1.54) is 24.3 Å². The van der Waals surface area contributed by atoms with Crippen molar-refractivity contribution >= 4 is 23.3 Å². The number of anilines is 2. The minimum atomic E-state index is -1.20. The number of aromatic nitrogens is 2. The number of nitrogen functional groups attached to an aromatic ring is 1. The van der Waals surface area contributed by atoms with E-state index >= 15 is 0 Å². The lowest BCUT2D eigenvalue weighted by molar-refractivity contribution is 0.0698. The molecule has 0 aliphatic carbocycles. The first-order valence-corrected chi connectivity index (χ1v) is 5.47. The number of rotatable bonds is 3. The van der Waals surface area contributed by atoms with E-state index in [2.05, 4.69) is 15.5 Å². The SMILES string of the molecule is Nc1ccc(C(=O)O)c(NC(=O)c2ccc(=O)[nH]n2)c1. The van der Waals surface area contributed by atoms with E-state index in [0.717, 1.165) is 6.07 Å². The van der Waals surface area contributed by atoms with Gasteiger partial charge in [-0.25, -0.2) is 9.89 Å². The zero-order valence-corrected chi connectivity index (χ0v) is 10.1.